The van der Waals surface area contributed by atoms with E-state index in [1.165, 1.54) is 19.3 Å². The summed E-state index contributed by atoms with van der Waals surface area (Å²) in [5, 5.41) is 14.6. The maximum absolute atomic E-state index is 10.4. The van der Waals surface area contributed by atoms with Gasteiger partial charge in [-0.25, -0.2) is 4.98 Å². The van der Waals surface area contributed by atoms with Crippen LogP contribution in [0.3, 0.4) is 0 Å². The number of hydrogen-bond donors (Lipinski definition) is 1. The summed E-state index contributed by atoms with van der Waals surface area (Å²) in [4.78, 5) is 4.26. The van der Waals surface area contributed by atoms with E-state index in [0.717, 1.165) is 25.2 Å². The van der Waals surface area contributed by atoms with Crippen LogP contribution in [0.4, 0.5) is 0 Å². The number of hydrogen-bond acceptors (Lipinski definition) is 3. The summed E-state index contributed by atoms with van der Waals surface area (Å²) in [5.74, 6) is 1.63. The molecule has 0 radical (unpaired) electrons. The van der Waals surface area contributed by atoms with Crippen molar-refractivity contribution in [2.24, 2.45) is 5.92 Å². The Bertz CT molecular complexity index is 355. The molecule has 0 spiro atoms. The van der Waals surface area contributed by atoms with E-state index < -0.39 is 5.60 Å². The van der Waals surface area contributed by atoms with Gasteiger partial charge in [-0.05, 0) is 25.7 Å². The molecule has 0 aliphatic heterocycles. The van der Waals surface area contributed by atoms with Crippen molar-refractivity contribution < 1.29 is 5.11 Å². The Morgan fingerprint density at radius 2 is 2.29 bits per heavy atom. The Kier molecular flexibility index (Phi) is 3.82. The molecule has 1 saturated carbocycles. The second-order valence-electron chi connectivity index (χ2n) is 5.57. The van der Waals surface area contributed by atoms with E-state index >= 15 is 0 Å². The van der Waals surface area contributed by atoms with Crippen molar-refractivity contribution in [3.8, 4) is 0 Å². The summed E-state index contributed by atoms with van der Waals surface area (Å²) in [6, 6.07) is 0. The highest BCUT2D eigenvalue weighted by atomic mass is 16.3. The molecule has 4 nitrogen and oxygen atoms in total. The number of nitrogens with zero attached hydrogens (tertiary/aromatic N) is 3. The zero-order valence-electron chi connectivity index (χ0n) is 10.9. The Labute approximate surface area is 103 Å². The third-order valence-corrected chi connectivity index (χ3v) is 3.62. The maximum Gasteiger partial charge on any atom is 0.138 e. The van der Waals surface area contributed by atoms with Crippen LogP contribution in [0.25, 0.3) is 0 Å². The van der Waals surface area contributed by atoms with Crippen molar-refractivity contribution in [3.63, 3.8) is 0 Å². The third-order valence-electron chi connectivity index (χ3n) is 3.62. The predicted octanol–water partition coefficient (Wildman–Crippen LogP) is 2.17. The molecule has 0 saturated heterocycles. The highest BCUT2D eigenvalue weighted by Crippen LogP contribution is 2.34. The lowest BCUT2D eigenvalue weighted by Crippen LogP contribution is -2.33. The summed E-state index contributed by atoms with van der Waals surface area (Å²) in [6.07, 6.45) is 8.02. The van der Waals surface area contributed by atoms with Crippen molar-refractivity contribution in [1.29, 1.82) is 0 Å². The minimum atomic E-state index is -0.635. The minimum absolute atomic E-state index is 0.615. The van der Waals surface area contributed by atoms with Crippen LogP contribution in [-0.2, 0) is 13.0 Å². The van der Waals surface area contributed by atoms with Gasteiger partial charge in [0.15, 0.2) is 0 Å². The third kappa shape index (κ3) is 3.28. The largest absolute Gasteiger partial charge is 0.390 e. The van der Waals surface area contributed by atoms with Gasteiger partial charge in [-0.15, -0.1) is 0 Å². The summed E-state index contributed by atoms with van der Waals surface area (Å²) in [7, 11) is 0. The Morgan fingerprint density at radius 3 is 2.88 bits per heavy atom. The minimum Gasteiger partial charge on any atom is -0.390 e. The molecule has 1 aromatic heterocycles. The highest BCUT2D eigenvalue weighted by Gasteiger charge is 2.30. The monoisotopic (exact) mass is 237 g/mol. The van der Waals surface area contributed by atoms with Crippen LogP contribution in [-0.4, -0.2) is 25.5 Å². The smallest absolute Gasteiger partial charge is 0.138 e. The normalized spacial score (nSPS) is 19.9. The first-order valence-corrected chi connectivity index (χ1v) is 6.70. The van der Waals surface area contributed by atoms with Crippen molar-refractivity contribution in [3.05, 3.63) is 12.2 Å². The molecule has 0 aromatic carbocycles. The highest BCUT2D eigenvalue weighted by molar-refractivity contribution is 4.94. The molecule has 1 aromatic rings. The first kappa shape index (κ1) is 12.6. The van der Waals surface area contributed by atoms with E-state index in [4.69, 9.17) is 0 Å². The molecule has 4 heteroatoms. The van der Waals surface area contributed by atoms with Gasteiger partial charge in [-0.1, -0.05) is 26.2 Å². The van der Waals surface area contributed by atoms with Gasteiger partial charge in [-0.3, -0.25) is 4.68 Å². The van der Waals surface area contributed by atoms with Gasteiger partial charge >= 0.3 is 0 Å². The Morgan fingerprint density at radius 1 is 1.53 bits per heavy atom. The molecule has 1 aliphatic carbocycles. The Balaban J connectivity index is 1.95. The van der Waals surface area contributed by atoms with Crippen molar-refractivity contribution in [2.45, 2.75) is 64.5 Å². The standard InChI is InChI=1S/C13H23N3O/c1-3-7-16-12(14-10-15-16)9-13(2,17)8-11-5-4-6-11/h10-11,17H,3-9H2,1-2H3. The molecule has 1 unspecified atom stereocenters. The van der Waals surface area contributed by atoms with Crippen LogP contribution in [0.2, 0.25) is 0 Å². The summed E-state index contributed by atoms with van der Waals surface area (Å²) < 4.78 is 1.91. The fraction of sp³-hybridized carbons (Fsp3) is 0.846. The maximum atomic E-state index is 10.4. The first-order valence-electron chi connectivity index (χ1n) is 6.70. The number of aryl methyl sites for hydroxylation is 1. The topological polar surface area (TPSA) is 50.9 Å². The molecular formula is C13H23N3O. The van der Waals surface area contributed by atoms with E-state index in [2.05, 4.69) is 17.0 Å². The fourth-order valence-electron chi connectivity index (χ4n) is 2.56. The van der Waals surface area contributed by atoms with Crippen LogP contribution in [0.1, 0.15) is 51.8 Å². The lowest BCUT2D eigenvalue weighted by atomic mass is 9.77. The zero-order chi connectivity index (χ0) is 12.3. The average molecular weight is 237 g/mol. The predicted molar refractivity (Wildman–Crippen MR) is 66.6 cm³/mol. The zero-order valence-corrected chi connectivity index (χ0v) is 10.9. The number of aliphatic hydroxyl groups is 1. The van der Waals surface area contributed by atoms with Crippen LogP contribution in [0.5, 0.6) is 0 Å². The molecule has 1 heterocycles. The van der Waals surface area contributed by atoms with Gasteiger partial charge in [-0.2, -0.15) is 5.10 Å². The quantitative estimate of drug-likeness (QED) is 0.825. The summed E-state index contributed by atoms with van der Waals surface area (Å²) >= 11 is 0. The van der Waals surface area contributed by atoms with Crippen LogP contribution in [0, 0.1) is 5.92 Å². The van der Waals surface area contributed by atoms with Crippen LogP contribution < -0.4 is 0 Å². The van der Waals surface area contributed by atoms with Crippen LogP contribution in [0.15, 0.2) is 6.33 Å². The van der Waals surface area contributed by atoms with E-state index in [0.29, 0.717) is 12.3 Å². The lowest BCUT2D eigenvalue weighted by Gasteiger charge is -2.33. The van der Waals surface area contributed by atoms with Gasteiger partial charge in [0.1, 0.15) is 12.2 Å². The molecule has 0 bridgehead atoms. The molecule has 2 rings (SSSR count). The van der Waals surface area contributed by atoms with E-state index in [9.17, 15) is 5.11 Å². The average Bonchev–Trinajstić information content (AvgIpc) is 2.60. The fourth-order valence-corrected chi connectivity index (χ4v) is 2.56. The van der Waals surface area contributed by atoms with E-state index in [-0.39, 0.29) is 0 Å². The molecule has 1 atom stereocenters. The summed E-state index contributed by atoms with van der Waals surface area (Å²) in [5.41, 5.74) is -0.635. The molecule has 96 valence electrons. The van der Waals surface area contributed by atoms with E-state index in [1.807, 2.05) is 11.6 Å². The Hall–Kier alpha value is -0.900. The van der Waals surface area contributed by atoms with Gasteiger partial charge in [0.05, 0.1) is 5.60 Å². The summed E-state index contributed by atoms with van der Waals surface area (Å²) in [6.45, 7) is 4.93. The molecule has 1 aliphatic rings. The molecule has 0 amide bonds. The van der Waals surface area contributed by atoms with E-state index in [1.54, 1.807) is 6.33 Å². The van der Waals surface area contributed by atoms with Gasteiger partial charge in [0.25, 0.3) is 0 Å². The van der Waals surface area contributed by atoms with Crippen LogP contribution >= 0.6 is 0 Å². The van der Waals surface area contributed by atoms with Crippen molar-refractivity contribution >= 4 is 0 Å². The molecule has 17 heavy (non-hydrogen) atoms. The lowest BCUT2D eigenvalue weighted by molar-refractivity contribution is 0.0178. The van der Waals surface area contributed by atoms with Gasteiger partial charge < -0.3 is 5.11 Å². The second kappa shape index (κ2) is 5.17. The number of rotatable bonds is 6. The van der Waals surface area contributed by atoms with Crippen molar-refractivity contribution in [1.82, 2.24) is 14.8 Å². The molecular weight excluding hydrogens is 214 g/mol. The first-order chi connectivity index (χ1) is 8.11. The van der Waals surface area contributed by atoms with Gasteiger partial charge in [0, 0.05) is 13.0 Å². The van der Waals surface area contributed by atoms with Crippen molar-refractivity contribution in [2.75, 3.05) is 0 Å². The molecule has 1 N–H and O–H groups in total. The SMILES string of the molecule is CCCn1ncnc1CC(C)(O)CC1CCC1. The molecule has 1 fully saturated rings. The van der Waals surface area contributed by atoms with Gasteiger partial charge in [0.2, 0.25) is 0 Å². The number of aromatic nitrogens is 3. The second-order valence-corrected chi connectivity index (χ2v) is 5.57.